The molecular formula is C23H19Cl2N3O7. The predicted molar refractivity (Wildman–Crippen MR) is 127 cm³/mol. The third-order valence-electron chi connectivity index (χ3n) is 5.08. The minimum atomic E-state index is -1.53. The van der Waals surface area contributed by atoms with Gasteiger partial charge in [0.15, 0.2) is 12.4 Å². The van der Waals surface area contributed by atoms with Crippen molar-refractivity contribution >= 4 is 57.7 Å². The molecule has 1 aromatic heterocycles. The SMILES string of the molecule is CC(C(=O)NC(CC(=O)O)C(=O)COC(=O)c1c(Cl)cccc1Cl)n1cnc2ccccc2c1=O. The number of aliphatic carboxylic acids is 1. The van der Waals surface area contributed by atoms with Crippen LogP contribution in [-0.2, 0) is 19.1 Å². The second kappa shape index (κ2) is 11.1. The molecule has 0 spiro atoms. The van der Waals surface area contributed by atoms with E-state index < -0.39 is 54.3 Å². The molecule has 2 unspecified atom stereocenters. The van der Waals surface area contributed by atoms with E-state index in [1.54, 1.807) is 24.3 Å². The maximum atomic E-state index is 12.8. The predicted octanol–water partition coefficient (Wildman–Crippen LogP) is 2.65. The molecule has 35 heavy (non-hydrogen) atoms. The first kappa shape index (κ1) is 25.9. The van der Waals surface area contributed by atoms with Gasteiger partial charge in [-0.2, -0.15) is 0 Å². The van der Waals surface area contributed by atoms with Crippen LogP contribution in [0.3, 0.4) is 0 Å². The number of rotatable bonds is 9. The number of carboxylic acid groups (broad SMARTS) is 1. The average molecular weight is 520 g/mol. The number of esters is 1. The number of amides is 1. The summed E-state index contributed by atoms with van der Waals surface area (Å²) < 4.78 is 6.01. The van der Waals surface area contributed by atoms with Gasteiger partial charge in [0.2, 0.25) is 5.91 Å². The number of carbonyl (C=O) groups excluding carboxylic acids is 3. The number of carboxylic acids is 1. The molecule has 2 atom stereocenters. The number of ketones is 1. The minimum absolute atomic E-state index is 0.00796. The molecule has 0 radical (unpaired) electrons. The second-order valence-corrected chi connectivity index (χ2v) is 8.26. The van der Waals surface area contributed by atoms with Crippen LogP contribution in [0.2, 0.25) is 10.0 Å². The summed E-state index contributed by atoms with van der Waals surface area (Å²) >= 11 is 11.9. The van der Waals surface area contributed by atoms with Crippen molar-refractivity contribution in [2.45, 2.75) is 25.4 Å². The molecule has 182 valence electrons. The van der Waals surface area contributed by atoms with Crippen LogP contribution in [0, 0.1) is 0 Å². The zero-order valence-corrected chi connectivity index (χ0v) is 19.7. The van der Waals surface area contributed by atoms with Gasteiger partial charge in [-0.05, 0) is 31.2 Å². The van der Waals surface area contributed by atoms with Crippen molar-refractivity contribution in [3.8, 4) is 0 Å². The molecular weight excluding hydrogens is 501 g/mol. The van der Waals surface area contributed by atoms with E-state index in [9.17, 15) is 29.1 Å². The number of aromatic nitrogens is 2. The third-order valence-corrected chi connectivity index (χ3v) is 5.71. The lowest BCUT2D eigenvalue weighted by Gasteiger charge is -2.20. The van der Waals surface area contributed by atoms with Crippen molar-refractivity contribution in [2.24, 2.45) is 0 Å². The second-order valence-electron chi connectivity index (χ2n) is 7.45. The summed E-state index contributed by atoms with van der Waals surface area (Å²) in [4.78, 5) is 65.9. The Bertz CT molecular complexity index is 1350. The van der Waals surface area contributed by atoms with E-state index in [-0.39, 0.29) is 21.0 Å². The first-order valence-electron chi connectivity index (χ1n) is 10.2. The zero-order valence-electron chi connectivity index (χ0n) is 18.2. The summed E-state index contributed by atoms with van der Waals surface area (Å²) in [6, 6.07) is 8.25. The number of nitrogens with zero attached hydrogens (tertiary/aromatic N) is 2. The van der Waals surface area contributed by atoms with Crippen LogP contribution < -0.4 is 10.9 Å². The number of para-hydroxylation sites is 1. The molecule has 0 aliphatic heterocycles. The Morgan fingerprint density at radius 3 is 2.40 bits per heavy atom. The minimum Gasteiger partial charge on any atom is -0.481 e. The summed E-state index contributed by atoms with van der Waals surface area (Å²) in [5.41, 5.74) is -0.190. The highest BCUT2D eigenvalue weighted by Crippen LogP contribution is 2.25. The van der Waals surface area contributed by atoms with Crippen LogP contribution in [0.4, 0.5) is 0 Å². The van der Waals surface area contributed by atoms with Gasteiger partial charge in [-0.1, -0.05) is 41.4 Å². The van der Waals surface area contributed by atoms with E-state index in [0.29, 0.717) is 5.52 Å². The van der Waals surface area contributed by atoms with Gasteiger partial charge in [-0.3, -0.25) is 23.7 Å². The third kappa shape index (κ3) is 6.03. The van der Waals surface area contributed by atoms with Gasteiger partial charge in [-0.25, -0.2) is 9.78 Å². The van der Waals surface area contributed by atoms with E-state index in [4.69, 9.17) is 27.9 Å². The van der Waals surface area contributed by atoms with Gasteiger partial charge in [0.25, 0.3) is 5.56 Å². The van der Waals surface area contributed by atoms with Gasteiger partial charge in [-0.15, -0.1) is 0 Å². The van der Waals surface area contributed by atoms with E-state index in [1.165, 1.54) is 31.5 Å². The normalized spacial score (nSPS) is 12.5. The Balaban J connectivity index is 1.73. The molecule has 0 bridgehead atoms. The van der Waals surface area contributed by atoms with Crippen LogP contribution in [0.15, 0.2) is 53.6 Å². The Morgan fingerprint density at radius 1 is 1.09 bits per heavy atom. The first-order valence-corrected chi connectivity index (χ1v) is 11.0. The van der Waals surface area contributed by atoms with Gasteiger partial charge >= 0.3 is 11.9 Å². The largest absolute Gasteiger partial charge is 0.481 e. The number of halogens is 2. The highest BCUT2D eigenvalue weighted by Gasteiger charge is 2.28. The number of Topliss-reactive ketones (excluding diaryl/α,β-unsaturated/α-hetero) is 1. The summed E-state index contributed by atoms with van der Waals surface area (Å²) in [5, 5.41) is 11.8. The number of hydrogen-bond donors (Lipinski definition) is 2. The quantitative estimate of drug-likeness (QED) is 0.410. The van der Waals surface area contributed by atoms with E-state index in [2.05, 4.69) is 10.3 Å². The first-order chi connectivity index (χ1) is 16.6. The molecule has 1 amide bonds. The number of nitrogens with one attached hydrogen (secondary N) is 1. The summed E-state index contributed by atoms with van der Waals surface area (Å²) in [5.74, 6) is -4.05. The molecule has 3 aromatic rings. The molecule has 2 aromatic carbocycles. The molecule has 0 aliphatic carbocycles. The molecule has 0 fully saturated rings. The molecule has 0 saturated heterocycles. The number of carbonyl (C=O) groups is 4. The molecule has 2 N–H and O–H groups in total. The van der Waals surface area contributed by atoms with Crippen molar-refractivity contribution in [2.75, 3.05) is 6.61 Å². The maximum Gasteiger partial charge on any atom is 0.341 e. The van der Waals surface area contributed by atoms with Crippen molar-refractivity contribution in [3.63, 3.8) is 0 Å². The van der Waals surface area contributed by atoms with E-state index in [1.807, 2.05) is 0 Å². The lowest BCUT2D eigenvalue weighted by Crippen LogP contribution is -2.47. The van der Waals surface area contributed by atoms with Crippen LogP contribution in [0.1, 0.15) is 29.7 Å². The smallest absolute Gasteiger partial charge is 0.341 e. The van der Waals surface area contributed by atoms with Crippen LogP contribution in [-0.4, -0.2) is 50.9 Å². The van der Waals surface area contributed by atoms with E-state index in [0.717, 1.165) is 4.57 Å². The Labute approximate surface area is 208 Å². The van der Waals surface area contributed by atoms with Crippen LogP contribution in [0.5, 0.6) is 0 Å². The van der Waals surface area contributed by atoms with E-state index >= 15 is 0 Å². The molecule has 1 heterocycles. The van der Waals surface area contributed by atoms with Crippen LogP contribution >= 0.6 is 23.2 Å². The van der Waals surface area contributed by atoms with Crippen molar-refractivity contribution < 1.29 is 29.0 Å². The molecule has 12 heteroatoms. The highest BCUT2D eigenvalue weighted by molar-refractivity contribution is 6.39. The van der Waals surface area contributed by atoms with Gasteiger partial charge in [0.1, 0.15) is 12.1 Å². The Kier molecular flexibility index (Phi) is 8.21. The number of hydrogen-bond acceptors (Lipinski definition) is 7. The summed E-state index contributed by atoms with van der Waals surface area (Å²) in [6.45, 7) is 0.555. The van der Waals surface area contributed by atoms with Crippen molar-refractivity contribution in [3.05, 3.63) is 74.8 Å². The number of ether oxygens (including phenoxy) is 1. The fourth-order valence-electron chi connectivity index (χ4n) is 3.20. The lowest BCUT2D eigenvalue weighted by molar-refractivity contribution is -0.141. The standard InChI is InChI=1S/C23H19Cl2N3O7/c1-12(28-11-26-16-8-3-2-5-13(16)22(28)33)21(32)27-17(9-19(30)31)18(29)10-35-23(34)20-14(24)6-4-7-15(20)25/h2-8,11-12,17H,9-10H2,1H3,(H,27,32)(H,30,31). The maximum absolute atomic E-state index is 12.8. The number of fused-ring (bicyclic) bond motifs is 1. The van der Waals surface area contributed by atoms with Crippen molar-refractivity contribution in [1.82, 2.24) is 14.9 Å². The average Bonchev–Trinajstić information content (AvgIpc) is 2.81. The highest BCUT2D eigenvalue weighted by atomic mass is 35.5. The Morgan fingerprint density at radius 2 is 1.74 bits per heavy atom. The van der Waals surface area contributed by atoms with Crippen molar-refractivity contribution in [1.29, 1.82) is 0 Å². The zero-order chi connectivity index (χ0) is 25.7. The Hall–Kier alpha value is -3.76. The molecule has 3 rings (SSSR count). The fraction of sp³-hybridized carbons (Fsp3) is 0.217. The molecule has 0 saturated carbocycles. The molecule has 0 aliphatic rings. The molecule has 10 nitrogen and oxygen atoms in total. The van der Waals surface area contributed by atoms with Gasteiger partial charge in [0, 0.05) is 0 Å². The summed E-state index contributed by atoms with van der Waals surface area (Å²) in [6.07, 6.45) is 0.421. The summed E-state index contributed by atoms with van der Waals surface area (Å²) in [7, 11) is 0. The van der Waals surface area contributed by atoms with Gasteiger partial charge in [0.05, 0.1) is 39.3 Å². The monoisotopic (exact) mass is 519 g/mol. The van der Waals surface area contributed by atoms with Crippen LogP contribution in [0.25, 0.3) is 10.9 Å². The number of benzene rings is 2. The topological polar surface area (TPSA) is 145 Å². The fourth-order valence-corrected chi connectivity index (χ4v) is 3.75. The lowest BCUT2D eigenvalue weighted by atomic mass is 10.1. The van der Waals surface area contributed by atoms with Gasteiger partial charge < -0.3 is 15.2 Å².